The maximum atomic E-state index is 12.5. The molecule has 0 atom stereocenters. The molecule has 0 aliphatic heterocycles. The second kappa shape index (κ2) is 4.89. The molecule has 1 aromatic heterocycles. The van der Waals surface area contributed by atoms with Gasteiger partial charge in [0, 0.05) is 17.0 Å². The summed E-state index contributed by atoms with van der Waals surface area (Å²) >= 11 is 5.50. The van der Waals surface area contributed by atoms with E-state index in [1.54, 1.807) is 6.07 Å². The van der Waals surface area contributed by atoms with Crippen LogP contribution in [0.3, 0.4) is 0 Å². The van der Waals surface area contributed by atoms with Gasteiger partial charge in [-0.1, -0.05) is 0 Å². The van der Waals surface area contributed by atoms with E-state index in [2.05, 4.69) is 4.98 Å². The van der Waals surface area contributed by atoms with Crippen LogP contribution in [0.2, 0.25) is 0 Å². The lowest BCUT2D eigenvalue weighted by molar-refractivity contribution is 0.145. The van der Waals surface area contributed by atoms with Gasteiger partial charge in [-0.25, -0.2) is 8.78 Å². The molecule has 80 valence electrons. The summed E-state index contributed by atoms with van der Waals surface area (Å²) in [6.07, 6.45) is -2.03. The zero-order chi connectivity index (χ0) is 11.4. The first-order valence-electron chi connectivity index (χ1n) is 4.02. The first-order valence-corrected chi connectivity index (χ1v) is 4.56. The summed E-state index contributed by atoms with van der Waals surface area (Å²) in [4.78, 5) is 3.40. The van der Waals surface area contributed by atoms with Crippen molar-refractivity contribution in [3.05, 3.63) is 23.0 Å². The van der Waals surface area contributed by atoms with E-state index in [1.165, 1.54) is 0 Å². The third-order valence-corrected chi connectivity index (χ3v) is 2.17. The Kier molecular flexibility index (Phi) is 3.81. The molecule has 0 saturated heterocycles. The van der Waals surface area contributed by atoms with Gasteiger partial charge in [0.05, 0.1) is 18.7 Å². The maximum absolute atomic E-state index is 12.5. The standard InChI is InChI=1S/C9H7ClF2N2O/c10-3-6-5(1-2-13)7(15)4-14-8(6)9(11)12/h4,9,15H,1,3H2. The number of nitriles is 1. The van der Waals surface area contributed by atoms with Crippen molar-refractivity contribution >= 4 is 11.6 Å². The minimum Gasteiger partial charge on any atom is -0.506 e. The van der Waals surface area contributed by atoms with Crippen molar-refractivity contribution < 1.29 is 13.9 Å². The zero-order valence-corrected chi connectivity index (χ0v) is 8.30. The summed E-state index contributed by atoms with van der Waals surface area (Å²) in [5.41, 5.74) is -0.320. The van der Waals surface area contributed by atoms with Crippen molar-refractivity contribution in [2.75, 3.05) is 0 Å². The van der Waals surface area contributed by atoms with Crippen LogP contribution in [-0.2, 0) is 12.3 Å². The lowest BCUT2D eigenvalue weighted by Crippen LogP contribution is -2.02. The summed E-state index contributed by atoms with van der Waals surface area (Å²) < 4.78 is 25.0. The van der Waals surface area contributed by atoms with E-state index >= 15 is 0 Å². The Morgan fingerprint density at radius 1 is 1.53 bits per heavy atom. The zero-order valence-electron chi connectivity index (χ0n) is 7.54. The Morgan fingerprint density at radius 2 is 2.20 bits per heavy atom. The Bertz CT molecular complexity index is 404. The molecule has 1 aromatic rings. The average molecular weight is 233 g/mol. The number of aromatic nitrogens is 1. The molecule has 1 N–H and O–H groups in total. The lowest BCUT2D eigenvalue weighted by Gasteiger charge is -2.10. The van der Waals surface area contributed by atoms with Gasteiger partial charge in [0.1, 0.15) is 11.4 Å². The molecular weight excluding hydrogens is 226 g/mol. The predicted molar refractivity (Wildman–Crippen MR) is 49.7 cm³/mol. The van der Waals surface area contributed by atoms with E-state index in [0.29, 0.717) is 0 Å². The normalized spacial score (nSPS) is 10.3. The predicted octanol–water partition coefficient (Wildman–Crippen LogP) is 2.53. The molecule has 0 aliphatic carbocycles. The topological polar surface area (TPSA) is 56.9 Å². The molecule has 1 heterocycles. The number of aromatic hydroxyl groups is 1. The first kappa shape index (κ1) is 11.7. The van der Waals surface area contributed by atoms with Gasteiger partial charge in [-0.3, -0.25) is 4.98 Å². The largest absolute Gasteiger partial charge is 0.506 e. The van der Waals surface area contributed by atoms with Crippen LogP contribution in [-0.4, -0.2) is 10.1 Å². The van der Waals surface area contributed by atoms with Crippen molar-refractivity contribution in [1.82, 2.24) is 4.98 Å². The van der Waals surface area contributed by atoms with Crippen LogP contribution in [0, 0.1) is 11.3 Å². The Morgan fingerprint density at radius 3 is 2.67 bits per heavy atom. The third kappa shape index (κ3) is 2.34. The number of nitrogens with zero attached hydrogens (tertiary/aromatic N) is 2. The van der Waals surface area contributed by atoms with Crippen LogP contribution < -0.4 is 0 Å². The second-order valence-corrected chi connectivity index (χ2v) is 3.02. The van der Waals surface area contributed by atoms with Gasteiger partial charge in [0.25, 0.3) is 6.43 Å². The van der Waals surface area contributed by atoms with Gasteiger partial charge in [-0.2, -0.15) is 5.26 Å². The minimum atomic E-state index is -2.77. The van der Waals surface area contributed by atoms with Gasteiger partial charge >= 0.3 is 0 Å². The fourth-order valence-electron chi connectivity index (χ4n) is 1.21. The fourth-order valence-corrected chi connectivity index (χ4v) is 1.51. The highest BCUT2D eigenvalue weighted by molar-refractivity contribution is 6.17. The number of alkyl halides is 3. The van der Waals surface area contributed by atoms with E-state index in [0.717, 1.165) is 6.20 Å². The van der Waals surface area contributed by atoms with Crippen molar-refractivity contribution in [1.29, 1.82) is 5.26 Å². The molecule has 3 nitrogen and oxygen atoms in total. The monoisotopic (exact) mass is 232 g/mol. The SMILES string of the molecule is N#CCc1c(O)cnc(C(F)F)c1CCl. The Labute approximate surface area is 89.9 Å². The number of hydrogen-bond donors (Lipinski definition) is 1. The van der Waals surface area contributed by atoms with Crippen LogP contribution in [0.4, 0.5) is 8.78 Å². The van der Waals surface area contributed by atoms with E-state index in [9.17, 15) is 13.9 Å². The van der Waals surface area contributed by atoms with E-state index in [4.69, 9.17) is 16.9 Å². The van der Waals surface area contributed by atoms with E-state index < -0.39 is 12.1 Å². The van der Waals surface area contributed by atoms with Crippen molar-refractivity contribution in [3.63, 3.8) is 0 Å². The summed E-state index contributed by atoms with van der Waals surface area (Å²) in [5.74, 6) is -0.491. The number of hydrogen-bond acceptors (Lipinski definition) is 3. The Balaban J connectivity index is 3.34. The lowest BCUT2D eigenvalue weighted by atomic mass is 10.0. The van der Waals surface area contributed by atoms with Crippen LogP contribution in [0.1, 0.15) is 23.2 Å². The molecule has 15 heavy (non-hydrogen) atoms. The number of rotatable bonds is 3. The van der Waals surface area contributed by atoms with Gasteiger partial charge in [0.2, 0.25) is 0 Å². The van der Waals surface area contributed by atoms with Gasteiger partial charge in [-0.15, -0.1) is 11.6 Å². The molecular formula is C9H7ClF2N2O. The maximum Gasteiger partial charge on any atom is 0.280 e. The van der Waals surface area contributed by atoms with Crippen LogP contribution in [0.25, 0.3) is 0 Å². The molecule has 1 rings (SSSR count). The molecule has 0 fully saturated rings. The molecule has 0 aliphatic rings. The Hall–Kier alpha value is -1.41. The number of halogens is 3. The van der Waals surface area contributed by atoms with E-state index in [-0.39, 0.29) is 29.2 Å². The summed E-state index contributed by atoms with van der Waals surface area (Å²) in [5, 5.41) is 17.8. The molecule has 0 saturated carbocycles. The van der Waals surface area contributed by atoms with Gasteiger partial charge < -0.3 is 5.11 Å². The smallest absolute Gasteiger partial charge is 0.280 e. The minimum absolute atomic E-state index is 0.0354. The summed E-state index contributed by atoms with van der Waals surface area (Å²) in [6, 6.07) is 1.77. The molecule has 0 bridgehead atoms. The summed E-state index contributed by atoms with van der Waals surface area (Å²) in [7, 11) is 0. The van der Waals surface area contributed by atoms with Crippen molar-refractivity contribution in [2.45, 2.75) is 18.7 Å². The fraction of sp³-hybridized carbons (Fsp3) is 0.333. The highest BCUT2D eigenvalue weighted by Crippen LogP contribution is 2.30. The second-order valence-electron chi connectivity index (χ2n) is 2.76. The van der Waals surface area contributed by atoms with Crippen LogP contribution in [0.15, 0.2) is 6.20 Å². The van der Waals surface area contributed by atoms with Crippen molar-refractivity contribution in [2.24, 2.45) is 0 Å². The molecule has 0 amide bonds. The molecule has 0 spiro atoms. The molecule has 0 radical (unpaired) electrons. The third-order valence-electron chi connectivity index (χ3n) is 1.90. The quantitative estimate of drug-likeness (QED) is 0.815. The van der Waals surface area contributed by atoms with Gasteiger partial charge in [0.15, 0.2) is 0 Å². The molecule has 6 heteroatoms. The van der Waals surface area contributed by atoms with Crippen molar-refractivity contribution in [3.8, 4) is 11.8 Å². The summed E-state index contributed by atoms with van der Waals surface area (Å²) in [6.45, 7) is 0. The van der Waals surface area contributed by atoms with Crippen LogP contribution >= 0.6 is 11.6 Å². The number of pyridine rings is 1. The van der Waals surface area contributed by atoms with Gasteiger partial charge in [-0.05, 0) is 0 Å². The highest BCUT2D eigenvalue weighted by atomic mass is 35.5. The average Bonchev–Trinajstić information content (AvgIpc) is 2.20. The molecule has 0 unspecified atom stereocenters. The van der Waals surface area contributed by atoms with E-state index in [1.807, 2.05) is 0 Å². The van der Waals surface area contributed by atoms with Crippen LogP contribution in [0.5, 0.6) is 5.75 Å². The first-order chi connectivity index (χ1) is 7.11. The highest BCUT2D eigenvalue weighted by Gasteiger charge is 2.19. The molecule has 0 aromatic carbocycles.